The van der Waals surface area contributed by atoms with E-state index in [4.69, 9.17) is 4.74 Å². The van der Waals surface area contributed by atoms with Gasteiger partial charge in [-0.1, -0.05) is 44.2 Å². The molecule has 0 unspecified atom stereocenters. The second-order valence-corrected chi connectivity index (χ2v) is 9.00. The van der Waals surface area contributed by atoms with Gasteiger partial charge in [0.05, 0.1) is 19.7 Å². The summed E-state index contributed by atoms with van der Waals surface area (Å²) < 4.78 is 37.4. The normalized spacial score (nSPS) is 19.4. The van der Waals surface area contributed by atoms with Crippen molar-refractivity contribution in [2.75, 3.05) is 6.61 Å². The van der Waals surface area contributed by atoms with Crippen molar-refractivity contribution in [3.63, 3.8) is 0 Å². The molecule has 1 N–H and O–H groups in total. The monoisotopic (exact) mass is 514 g/mol. The summed E-state index contributed by atoms with van der Waals surface area (Å²) in [6.45, 7) is 8.08. The second-order valence-electron chi connectivity index (χ2n) is 9.00. The van der Waals surface area contributed by atoms with Gasteiger partial charge in [0.1, 0.15) is 12.4 Å². The number of aliphatic hydroxyl groups is 1. The number of aromatic nitrogens is 2. The maximum atomic E-state index is 13.8. The number of esters is 1. The van der Waals surface area contributed by atoms with E-state index in [1.807, 2.05) is 19.3 Å². The fourth-order valence-corrected chi connectivity index (χ4v) is 4.39. The minimum atomic E-state index is -2.87. The van der Waals surface area contributed by atoms with Gasteiger partial charge in [-0.2, -0.15) is 0 Å². The van der Waals surface area contributed by atoms with E-state index >= 15 is 0 Å². The molecule has 1 aromatic carbocycles. The Morgan fingerprint density at radius 1 is 1.34 bits per heavy atom. The van der Waals surface area contributed by atoms with Crippen LogP contribution in [0.15, 0.2) is 42.7 Å². The van der Waals surface area contributed by atoms with Crippen LogP contribution in [0.25, 0.3) is 0 Å². The van der Waals surface area contributed by atoms with Crippen molar-refractivity contribution in [2.45, 2.75) is 71.1 Å². The first-order valence-electron chi connectivity index (χ1n) is 11.0. The fourth-order valence-electron chi connectivity index (χ4n) is 4.39. The van der Waals surface area contributed by atoms with Gasteiger partial charge in [0.25, 0.3) is 5.82 Å². The van der Waals surface area contributed by atoms with E-state index in [9.17, 15) is 18.7 Å². The van der Waals surface area contributed by atoms with Gasteiger partial charge in [-0.05, 0) is 17.9 Å². The lowest BCUT2D eigenvalue weighted by molar-refractivity contribution is -0.707. The molecule has 2 aromatic rings. The zero-order valence-electron chi connectivity index (χ0n) is 18.9. The van der Waals surface area contributed by atoms with Gasteiger partial charge in [-0.25, -0.2) is 22.7 Å². The minimum absolute atomic E-state index is 0. The number of imidazole rings is 1. The van der Waals surface area contributed by atoms with Crippen LogP contribution in [0.4, 0.5) is 8.78 Å². The first-order valence-corrected chi connectivity index (χ1v) is 11.0. The van der Waals surface area contributed by atoms with Crippen molar-refractivity contribution in [1.29, 1.82) is 0 Å². The van der Waals surface area contributed by atoms with Crippen LogP contribution >= 0.6 is 0 Å². The predicted octanol–water partition coefficient (Wildman–Crippen LogP) is 1.00. The number of nitrogens with zero attached hydrogens (tertiary/aromatic N) is 2. The lowest BCUT2D eigenvalue weighted by Gasteiger charge is -2.32. The summed E-state index contributed by atoms with van der Waals surface area (Å²) in [5, 5.41) is 11.3. The molecule has 1 aliphatic carbocycles. The van der Waals surface area contributed by atoms with Crippen molar-refractivity contribution in [3.8, 4) is 0 Å². The number of hydrogen-bond donors (Lipinski definition) is 1. The Labute approximate surface area is 199 Å². The molecule has 1 aliphatic rings. The summed E-state index contributed by atoms with van der Waals surface area (Å²) in [7, 11) is 0. The number of ether oxygens (including phenoxy) is 1. The zero-order valence-corrected chi connectivity index (χ0v) is 20.5. The van der Waals surface area contributed by atoms with Crippen LogP contribution in [0.5, 0.6) is 0 Å². The number of rotatable bonds is 9. The maximum Gasteiger partial charge on any atom is 0.343 e. The molecule has 0 spiro atoms. The van der Waals surface area contributed by atoms with Crippen LogP contribution in [0, 0.1) is 18.8 Å². The molecule has 5 nitrogen and oxygen atoms in total. The Balaban J connectivity index is 0.00000363. The summed E-state index contributed by atoms with van der Waals surface area (Å²) in [5.41, 5.74) is -1.76. The largest absolute Gasteiger partial charge is 1.00 e. The summed E-state index contributed by atoms with van der Waals surface area (Å²) in [4.78, 5) is 12.9. The SMILES string of the molecule is Cc1n(CCCOC(=O)[C@](O)(c2ccccc2)[C@H]2CCC(F)(F)C2)cc[n+]1CC(C)C.[Br-]. The molecule has 1 fully saturated rings. The van der Waals surface area contributed by atoms with Crippen molar-refractivity contribution in [1.82, 2.24) is 4.57 Å². The molecule has 32 heavy (non-hydrogen) atoms. The molecular weight excluding hydrogens is 482 g/mol. The van der Waals surface area contributed by atoms with E-state index in [0.29, 0.717) is 24.4 Å². The standard InChI is InChI=1S/C24H33F2N2O3.BrH/c1-18(2)17-28-14-13-27(19(28)3)12-7-15-31-22(29)24(30,20-8-5-4-6-9-20)21-10-11-23(25,26)16-21;/h4-6,8-9,13-14,18,21,30H,7,10-12,15-17H2,1-3H3;1H/q+1;/p-1/t21-,24-;/m0./s1. The van der Waals surface area contributed by atoms with Crippen molar-refractivity contribution in [3.05, 3.63) is 54.1 Å². The third-order valence-corrected chi connectivity index (χ3v) is 6.12. The predicted molar refractivity (Wildman–Crippen MR) is 112 cm³/mol. The molecule has 0 amide bonds. The Morgan fingerprint density at radius 2 is 2.03 bits per heavy atom. The lowest BCUT2D eigenvalue weighted by atomic mass is 9.80. The number of benzene rings is 1. The molecule has 0 saturated heterocycles. The van der Waals surface area contributed by atoms with Crippen molar-refractivity contribution in [2.24, 2.45) is 11.8 Å². The van der Waals surface area contributed by atoms with Crippen molar-refractivity contribution < 1.29 is 45.0 Å². The number of halogens is 3. The molecule has 8 heteroatoms. The van der Waals surface area contributed by atoms with Crippen LogP contribution in [-0.2, 0) is 28.2 Å². The molecule has 1 saturated carbocycles. The second kappa shape index (κ2) is 10.9. The first kappa shape index (κ1) is 26.5. The average molecular weight is 515 g/mol. The maximum absolute atomic E-state index is 13.8. The van der Waals surface area contributed by atoms with Crippen LogP contribution in [0.3, 0.4) is 0 Å². The van der Waals surface area contributed by atoms with Gasteiger partial charge < -0.3 is 26.8 Å². The zero-order chi connectivity index (χ0) is 22.6. The van der Waals surface area contributed by atoms with E-state index in [2.05, 4.69) is 23.0 Å². The molecule has 0 aliphatic heterocycles. The van der Waals surface area contributed by atoms with Crippen LogP contribution in [0.1, 0.15) is 50.9 Å². The van der Waals surface area contributed by atoms with Crippen LogP contribution in [0.2, 0.25) is 0 Å². The van der Waals surface area contributed by atoms with E-state index in [1.165, 1.54) is 0 Å². The van der Waals surface area contributed by atoms with E-state index in [0.717, 1.165) is 12.4 Å². The summed E-state index contributed by atoms with van der Waals surface area (Å²) >= 11 is 0. The molecule has 0 radical (unpaired) electrons. The van der Waals surface area contributed by atoms with Crippen LogP contribution in [-0.4, -0.2) is 28.2 Å². The Bertz CT molecular complexity index is 889. The van der Waals surface area contributed by atoms with Crippen molar-refractivity contribution >= 4 is 5.97 Å². The Morgan fingerprint density at radius 3 is 2.62 bits per heavy atom. The summed E-state index contributed by atoms with van der Waals surface area (Å²) in [6.07, 6.45) is 3.83. The highest BCUT2D eigenvalue weighted by atomic mass is 79.9. The highest BCUT2D eigenvalue weighted by Gasteiger charge is 2.54. The van der Waals surface area contributed by atoms with Gasteiger partial charge in [0.15, 0.2) is 5.60 Å². The number of carbonyl (C=O) groups excluding carboxylic acids is 1. The van der Waals surface area contributed by atoms with E-state index < -0.39 is 29.8 Å². The van der Waals surface area contributed by atoms with Gasteiger partial charge >= 0.3 is 5.97 Å². The number of hydrogen-bond acceptors (Lipinski definition) is 3. The fraction of sp³-hybridized carbons (Fsp3) is 0.583. The van der Waals surface area contributed by atoms with Crippen LogP contribution < -0.4 is 21.5 Å². The molecule has 178 valence electrons. The van der Waals surface area contributed by atoms with Gasteiger partial charge in [-0.15, -0.1) is 0 Å². The Hall–Kier alpha value is -1.80. The van der Waals surface area contributed by atoms with E-state index in [-0.39, 0.29) is 36.4 Å². The summed E-state index contributed by atoms with van der Waals surface area (Å²) in [5.74, 6) is -2.93. The molecule has 1 aromatic heterocycles. The molecular formula is C24H33BrF2N2O3. The minimum Gasteiger partial charge on any atom is -1.00 e. The highest BCUT2D eigenvalue weighted by Crippen LogP contribution is 2.47. The van der Waals surface area contributed by atoms with Gasteiger partial charge in [-0.3, -0.25) is 0 Å². The molecule has 2 atom stereocenters. The van der Waals surface area contributed by atoms with Gasteiger partial charge in [0, 0.05) is 32.1 Å². The Kier molecular flexibility index (Phi) is 8.99. The summed E-state index contributed by atoms with van der Waals surface area (Å²) in [6, 6.07) is 8.30. The van der Waals surface area contributed by atoms with Gasteiger partial charge in [0.2, 0.25) is 5.92 Å². The number of carbonyl (C=O) groups is 1. The molecule has 0 bridgehead atoms. The lowest BCUT2D eigenvalue weighted by Crippen LogP contribution is -3.00. The third kappa shape index (κ3) is 5.95. The number of alkyl halides is 2. The average Bonchev–Trinajstić information content (AvgIpc) is 3.27. The number of aryl methyl sites for hydroxylation is 1. The highest BCUT2D eigenvalue weighted by molar-refractivity contribution is 5.81. The quantitative estimate of drug-likeness (QED) is 0.308. The smallest absolute Gasteiger partial charge is 0.343 e. The molecule has 1 heterocycles. The molecule has 3 rings (SSSR count). The van der Waals surface area contributed by atoms with E-state index in [1.54, 1.807) is 30.3 Å². The third-order valence-electron chi connectivity index (χ3n) is 6.12. The topological polar surface area (TPSA) is 55.3 Å². The first-order chi connectivity index (χ1) is 14.6.